The molecule has 3 atom stereocenters. The maximum Gasteiger partial charge on any atom is 0.324 e. The van der Waals surface area contributed by atoms with Crippen LogP contribution < -0.4 is 5.32 Å². The summed E-state index contributed by atoms with van der Waals surface area (Å²) in [5, 5.41) is 12.7. The SMILES string of the molecule is CCCNC(C)(CN1CC(C)N(C)C(C)C1)C(=O)O. The number of carbonyl (C=O) groups is 1. The van der Waals surface area contributed by atoms with Gasteiger partial charge in [-0.25, -0.2) is 0 Å². The Hall–Kier alpha value is -0.650. The van der Waals surface area contributed by atoms with Crippen LogP contribution in [-0.4, -0.2) is 71.7 Å². The third kappa shape index (κ3) is 4.16. The number of nitrogens with one attached hydrogen (secondary N) is 1. The van der Waals surface area contributed by atoms with Crippen molar-refractivity contribution in [3.63, 3.8) is 0 Å². The van der Waals surface area contributed by atoms with Gasteiger partial charge in [-0.2, -0.15) is 0 Å². The Balaban J connectivity index is 2.67. The van der Waals surface area contributed by atoms with Crippen molar-refractivity contribution in [2.45, 2.75) is 51.7 Å². The Morgan fingerprint density at radius 2 is 1.89 bits per heavy atom. The van der Waals surface area contributed by atoms with Gasteiger partial charge in [-0.05, 0) is 40.8 Å². The smallest absolute Gasteiger partial charge is 0.324 e. The molecule has 3 unspecified atom stereocenters. The van der Waals surface area contributed by atoms with Gasteiger partial charge < -0.3 is 10.4 Å². The molecule has 0 aromatic heterocycles. The molecule has 0 aliphatic carbocycles. The van der Waals surface area contributed by atoms with E-state index in [2.05, 4.69) is 42.9 Å². The zero-order valence-electron chi connectivity index (χ0n) is 12.9. The average Bonchev–Trinajstić information content (AvgIpc) is 2.33. The summed E-state index contributed by atoms with van der Waals surface area (Å²) in [4.78, 5) is 16.2. The zero-order valence-corrected chi connectivity index (χ0v) is 12.9. The molecule has 0 aromatic carbocycles. The number of hydrogen-bond donors (Lipinski definition) is 2. The molecular weight excluding hydrogens is 242 g/mol. The van der Waals surface area contributed by atoms with Crippen LogP contribution in [0.25, 0.3) is 0 Å². The predicted octanol–water partition coefficient (Wildman–Crippen LogP) is 0.854. The van der Waals surface area contributed by atoms with Crippen LogP contribution in [0.15, 0.2) is 0 Å². The van der Waals surface area contributed by atoms with Crippen LogP contribution in [0, 0.1) is 0 Å². The van der Waals surface area contributed by atoms with Gasteiger partial charge in [-0.1, -0.05) is 6.92 Å². The minimum Gasteiger partial charge on any atom is -0.480 e. The fourth-order valence-corrected chi connectivity index (χ4v) is 2.69. The Labute approximate surface area is 117 Å². The molecule has 0 spiro atoms. The van der Waals surface area contributed by atoms with Gasteiger partial charge in [0, 0.05) is 31.7 Å². The summed E-state index contributed by atoms with van der Waals surface area (Å²) < 4.78 is 0. The van der Waals surface area contributed by atoms with Gasteiger partial charge in [0.15, 0.2) is 0 Å². The maximum atomic E-state index is 11.5. The van der Waals surface area contributed by atoms with Crippen LogP contribution in [0.5, 0.6) is 0 Å². The van der Waals surface area contributed by atoms with Gasteiger partial charge in [0.25, 0.3) is 0 Å². The van der Waals surface area contributed by atoms with E-state index in [4.69, 9.17) is 0 Å². The van der Waals surface area contributed by atoms with Crippen molar-refractivity contribution in [1.82, 2.24) is 15.1 Å². The van der Waals surface area contributed by atoms with Crippen molar-refractivity contribution in [2.75, 3.05) is 33.2 Å². The number of hydrogen-bond acceptors (Lipinski definition) is 4. The first kappa shape index (κ1) is 16.4. The number of aliphatic carboxylic acids is 1. The summed E-state index contributed by atoms with van der Waals surface area (Å²) in [5.74, 6) is -0.764. The first-order valence-corrected chi connectivity index (χ1v) is 7.23. The van der Waals surface area contributed by atoms with E-state index in [-0.39, 0.29) is 0 Å². The average molecular weight is 271 g/mol. The lowest BCUT2D eigenvalue weighted by molar-refractivity contribution is -0.145. The Bertz CT molecular complexity index is 299. The van der Waals surface area contributed by atoms with Gasteiger partial charge in [0.1, 0.15) is 5.54 Å². The van der Waals surface area contributed by atoms with E-state index in [0.29, 0.717) is 18.6 Å². The van der Waals surface area contributed by atoms with Crippen LogP contribution in [0.1, 0.15) is 34.1 Å². The highest BCUT2D eigenvalue weighted by Gasteiger charge is 2.37. The molecule has 1 heterocycles. The number of piperazine rings is 1. The quantitative estimate of drug-likeness (QED) is 0.750. The largest absolute Gasteiger partial charge is 0.480 e. The number of rotatable bonds is 6. The van der Waals surface area contributed by atoms with E-state index in [1.165, 1.54) is 0 Å². The number of likely N-dealkylation sites (N-methyl/N-ethyl adjacent to an activating group) is 1. The molecule has 0 bridgehead atoms. The molecule has 1 aliphatic heterocycles. The second-order valence-electron chi connectivity index (χ2n) is 6.12. The molecule has 0 aromatic rings. The van der Waals surface area contributed by atoms with E-state index < -0.39 is 11.5 Å². The van der Waals surface area contributed by atoms with E-state index in [1.54, 1.807) is 6.92 Å². The molecular formula is C14H29N3O2. The second-order valence-corrected chi connectivity index (χ2v) is 6.12. The minimum absolute atomic E-state index is 0.466. The summed E-state index contributed by atoms with van der Waals surface area (Å²) in [6.07, 6.45) is 0.943. The van der Waals surface area contributed by atoms with Crippen LogP contribution in [0.2, 0.25) is 0 Å². The first-order valence-electron chi connectivity index (χ1n) is 7.23. The van der Waals surface area contributed by atoms with Gasteiger partial charge in [-0.15, -0.1) is 0 Å². The lowest BCUT2D eigenvalue weighted by atomic mass is 9.99. The maximum absolute atomic E-state index is 11.5. The topological polar surface area (TPSA) is 55.8 Å². The molecule has 1 rings (SSSR count). The summed E-state index contributed by atoms with van der Waals surface area (Å²) in [7, 11) is 2.14. The molecule has 1 aliphatic rings. The van der Waals surface area contributed by atoms with Crippen molar-refractivity contribution in [3.8, 4) is 0 Å². The van der Waals surface area contributed by atoms with Gasteiger partial charge in [0.05, 0.1) is 0 Å². The van der Waals surface area contributed by atoms with Gasteiger partial charge in [0.2, 0.25) is 0 Å². The molecule has 5 heteroatoms. The Kier molecular flexibility index (Phi) is 5.77. The first-order chi connectivity index (χ1) is 8.80. The Morgan fingerprint density at radius 1 is 1.37 bits per heavy atom. The molecule has 0 amide bonds. The summed E-state index contributed by atoms with van der Waals surface area (Å²) in [6.45, 7) is 11.4. The Morgan fingerprint density at radius 3 is 2.32 bits per heavy atom. The lowest BCUT2D eigenvalue weighted by Crippen LogP contribution is -2.62. The van der Waals surface area contributed by atoms with Crippen LogP contribution in [0.4, 0.5) is 0 Å². The third-order valence-corrected chi connectivity index (χ3v) is 4.21. The van der Waals surface area contributed by atoms with Gasteiger partial charge in [-0.3, -0.25) is 14.6 Å². The van der Waals surface area contributed by atoms with Crippen molar-refractivity contribution in [3.05, 3.63) is 0 Å². The van der Waals surface area contributed by atoms with E-state index >= 15 is 0 Å². The third-order valence-electron chi connectivity index (χ3n) is 4.21. The number of nitrogens with zero attached hydrogens (tertiary/aromatic N) is 2. The highest BCUT2D eigenvalue weighted by molar-refractivity contribution is 5.78. The highest BCUT2D eigenvalue weighted by Crippen LogP contribution is 2.16. The molecule has 5 nitrogen and oxygen atoms in total. The van der Waals surface area contributed by atoms with Crippen LogP contribution in [0.3, 0.4) is 0 Å². The molecule has 1 fully saturated rings. The minimum atomic E-state index is -0.856. The van der Waals surface area contributed by atoms with E-state index in [1.807, 2.05) is 0 Å². The fraction of sp³-hybridized carbons (Fsp3) is 0.929. The summed E-state index contributed by atoms with van der Waals surface area (Å²) >= 11 is 0. The van der Waals surface area contributed by atoms with E-state index in [9.17, 15) is 9.90 Å². The monoisotopic (exact) mass is 271 g/mol. The molecule has 0 radical (unpaired) electrons. The van der Waals surface area contributed by atoms with Crippen molar-refractivity contribution >= 4 is 5.97 Å². The molecule has 2 N–H and O–H groups in total. The molecule has 1 saturated heterocycles. The van der Waals surface area contributed by atoms with Crippen molar-refractivity contribution in [2.24, 2.45) is 0 Å². The van der Waals surface area contributed by atoms with Crippen molar-refractivity contribution in [1.29, 1.82) is 0 Å². The number of carboxylic acid groups (broad SMARTS) is 1. The summed E-state index contributed by atoms with van der Waals surface area (Å²) in [6, 6.07) is 0.931. The normalized spacial score (nSPS) is 29.1. The standard InChI is InChI=1S/C14H29N3O2/c1-6-7-15-14(4,13(18)19)10-17-8-11(2)16(5)12(3)9-17/h11-12,15H,6-10H2,1-5H3,(H,18,19). The van der Waals surface area contributed by atoms with Gasteiger partial charge >= 0.3 is 5.97 Å². The number of carboxylic acids is 1. The van der Waals surface area contributed by atoms with E-state index in [0.717, 1.165) is 26.1 Å². The van der Waals surface area contributed by atoms with Crippen LogP contribution >= 0.6 is 0 Å². The fourth-order valence-electron chi connectivity index (χ4n) is 2.69. The lowest BCUT2D eigenvalue weighted by Gasteiger charge is -2.44. The zero-order chi connectivity index (χ0) is 14.6. The van der Waals surface area contributed by atoms with Crippen LogP contribution in [-0.2, 0) is 4.79 Å². The van der Waals surface area contributed by atoms with Crippen molar-refractivity contribution < 1.29 is 9.90 Å². The summed E-state index contributed by atoms with van der Waals surface area (Å²) in [5.41, 5.74) is -0.856. The highest BCUT2D eigenvalue weighted by atomic mass is 16.4. The predicted molar refractivity (Wildman–Crippen MR) is 77.5 cm³/mol. The second kappa shape index (κ2) is 6.68. The molecule has 19 heavy (non-hydrogen) atoms. The molecule has 0 saturated carbocycles. The molecule has 112 valence electrons.